The van der Waals surface area contributed by atoms with Gasteiger partial charge in [0.05, 0.1) is 10.6 Å². The Morgan fingerprint density at radius 3 is 2.86 bits per heavy atom. The van der Waals surface area contributed by atoms with Crippen LogP contribution < -0.4 is 10.5 Å². The van der Waals surface area contributed by atoms with E-state index in [2.05, 4.69) is 6.58 Å². The van der Waals surface area contributed by atoms with E-state index in [4.69, 9.17) is 4.98 Å². The van der Waals surface area contributed by atoms with Crippen molar-refractivity contribution in [3.05, 3.63) is 63.8 Å². The minimum atomic E-state index is -0.382. The lowest BCUT2D eigenvalue weighted by Crippen LogP contribution is -2.34. The second-order valence-corrected chi connectivity index (χ2v) is 9.52. The van der Waals surface area contributed by atoms with E-state index < -0.39 is 0 Å². The molecule has 4 rings (SSSR count). The number of anilines is 1. The SMILES string of the molecule is C=CCn1c(SC(C)C(=O)N(C)c2ccccc2)nc2sc3c(c2c1=O)CCC3. The summed E-state index contributed by atoms with van der Waals surface area (Å²) in [6, 6.07) is 9.54. The summed E-state index contributed by atoms with van der Waals surface area (Å²) in [5.41, 5.74) is 1.99. The number of amides is 1. The maximum atomic E-state index is 13.2. The maximum absolute atomic E-state index is 13.2. The Morgan fingerprint density at radius 1 is 1.38 bits per heavy atom. The number of thioether (sulfide) groups is 1. The number of hydrogen-bond donors (Lipinski definition) is 0. The van der Waals surface area contributed by atoms with Gasteiger partial charge in [0.25, 0.3) is 5.56 Å². The number of thiophene rings is 1. The Hall–Kier alpha value is -2.38. The molecule has 0 saturated carbocycles. The van der Waals surface area contributed by atoms with Gasteiger partial charge in [0.2, 0.25) is 5.91 Å². The van der Waals surface area contributed by atoms with E-state index in [0.29, 0.717) is 11.7 Å². The fourth-order valence-corrected chi connectivity index (χ4v) is 6.01. The van der Waals surface area contributed by atoms with Crippen molar-refractivity contribution in [3.8, 4) is 0 Å². The minimum absolute atomic E-state index is 0.0205. The zero-order valence-corrected chi connectivity index (χ0v) is 18.2. The van der Waals surface area contributed by atoms with Crippen LogP contribution in [0.4, 0.5) is 5.69 Å². The molecule has 1 atom stereocenters. The third kappa shape index (κ3) is 3.65. The molecule has 2 aromatic heterocycles. The smallest absolute Gasteiger partial charge is 0.263 e. The molecule has 0 saturated heterocycles. The summed E-state index contributed by atoms with van der Waals surface area (Å²) < 4.78 is 1.65. The lowest BCUT2D eigenvalue weighted by atomic mass is 10.2. The van der Waals surface area contributed by atoms with Gasteiger partial charge in [0, 0.05) is 24.2 Å². The van der Waals surface area contributed by atoms with Crippen molar-refractivity contribution < 1.29 is 4.79 Å². The van der Waals surface area contributed by atoms with E-state index in [1.54, 1.807) is 33.9 Å². The highest BCUT2D eigenvalue weighted by Gasteiger charge is 2.26. The number of para-hydroxylation sites is 1. The maximum Gasteiger partial charge on any atom is 0.263 e. The average Bonchev–Trinajstić information content (AvgIpc) is 3.31. The standard InChI is InChI=1S/C22H23N3O2S2/c1-4-13-25-21(27)18-16-11-8-12-17(16)29-19(18)23-22(25)28-14(2)20(26)24(3)15-9-6-5-7-10-15/h4-7,9-10,14H,1,8,11-13H2,2-3H3. The first kappa shape index (κ1) is 19.9. The molecule has 5 nitrogen and oxygen atoms in total. The van der Waals surface area contributed by atoms with Gasteiger partial charge in [-0.25, -0.2) is 4.98 Å². The lowest BCUT2D eigenvalue weighted by Gasteiger charge is -2.21. The predicted octanol–water partition coefficient (Wildman–Crippen LogP) is 4.28. The second kappa shape index (κ2) is 8.16. The molecule has 1 aliphatic rings. The van der Waals surface area contributed by atoms with Crippen LogP contribution in [0.1, 0.15) is 23.8 Å². The molecule has 1 amide bonds. The molecule has 0 spiro atoms. The Labute approximate surface area is 178 Å². The number of rotatable bonds is 6. The molecule has 29 heavy (non-hydrogen) atoms. The van der Waals surface area contributed by atoms with Gasteiger partial charge in [-0.05, 0) is 43.9 Å². The first-order valence-electron chi connectivity index (χ1n) is 9.66. The molecule has 1 unspecified atom stereocenters. The van der Waals surface area contributed by atoms with E-state index in [1.807, 2.05) is 37.3 Å². The molecule has 0 fully saturated rings. The van der Waals surface area contributed by atoms with Crippen molar-refractivity contribution in [1.82, 2.24) is 9.55 Å². The number of nitrogens with zero attached hydrogens (tertiary/aromatic N) is 3. The Kier molecular flexibility index (Phi) is 5.61. The van der Waals surface area contributed by atoms with E-state index in [1.165, 1.54) is 22.2 Å². The van der Waals surface area contributed by atoms with E-state index in [-0.39, 0.29) is 16.7 Å². The van der Waals surface area contributed by atoms with Crippen LogP contribution in [0.15, 0.2) is 52.9 Å². The summed E-state index contributed by atoms with van der Waals surface area (Å²) in [5.74, 6) is -0.0330. The molecule has 0 radical (unpaired) electrons. The number of allylic oxidation sites excluding steroid dienone is 1. The predicted molar refractivity (Wildman–Crippen MR) is 121 cm³/mol. The molecular formula is C22H23N3O2S2. The molecule has 2 heterocycles. The fraction of sp³-hybridized carbons (Fsp3) is 0.318. The molecule has 0 aliphatic heterocycles. The highest BCUT2D eigenvalue weighted by Crippen LogP contribution is 2.36. The fourth-order valence-electron chi connectivity index (χ4n) is 3.70. The highest BCUT2D eigenvalue weighted by atomic mass is 32.2. The molecule has 1 aliphatic carbocycles. The molecule has 1 aromatic carbocycles. The van der Waals surface area contributed by atoms with Crippen LogP contribution in [0.5, 0.6) is 0 Å². The third-order valence-electron chi connectivity index (χ3n) is 5.21. The van der Waals surface area contributed by atoms with E-state index in [9.17, 15) is 9.59 Å². The number of carbonyl (C=O) groups excluding carboxylic acids is 1. The number of benzene rings is 1. The zero-order chi connectivity index (χ0) is 20.5. The van der Waals surface area contributed by atoms with Crippen molar-refractivity contribution in [1.29, 1.82) is 0 Å². The Morgan fingerprint density at radius 2 is 2.14 bits per heavy atom. The van der Waals surface area contributed by atoms with Crippen LogP contribution in [-0.4, -0.2) is 27.8 Å². The van der Waals surface area contributed by atoms with Crippen LogP contribution in [0.25, 0.3) is 10.2 Å². The van der Waals surface area contributed by atoms with Crippen LogP contribution in [0, 0.1) is 0 Å². The monoisotopic (exact) mass is 425 g/mol. The van der Waals surface area contributed by atoms with E-state index >= 15 is 0 Å². The Bertz CT molecular complexity index is 1130. The van der Waals surface area contributed by atoms with Gasteiger partial charge < -0.3 is 4.90 Å². The largest absolute Gasteiger partial charge is 0.315 e. The molecule has 3 aromatic rings. The number of hydrogen-bond acceptors (Lipinski definition) is 5. The summed E-state index contributed by atoms with van der Waals surface area (Å²) in [6.45, 7) is 6.03. The van der Waals surface area contributed by atoms with Gasteiger partial charge in [-0.2, -0.15) is 0 Å². The number of carbonyl (C=O) groups is 1. The van der Waals surface area contributed by atoms with Crippen LogP contribution in [-0.2, 0) is 24.2 Å². The van der Waals surface area contributed by atoms with Gasteiger partial charge >= 0.3 is 0 Å². The van der Waals surface area contributed by atoms with Crippen molar-refractivity contribution >= 4 is 44.9 Å². The quantitative estimate of drug-likeness (QED) is 0.336. The van der Waals surface area contributed by atoms with Crippen LogP contribution in [0.2, 0.25) is 0 Å². The van der Waals surface area contributed by atoms with Crippen LogP contribution in [0.3, 0.4) is 0 Å². The second-order valence-electron chi connectivity index (χ2n) is 7.13. The molecule has 0 N–H and O–H groups in total. The van der Waals surface area contributed by atoms with Gasteiger partial charge in [0.1, 0.15) is 4.83 Å². The minimum Gasteiger partial charge on any atom is -0.315 e. The topological polar surface area (TPSA) is 55.2 Å². The Balaban J connectivity index is 1.68. The van der Waals surface area contributed by atoms with Gasteiger partial charge in [0.15, 0.2) is 5.16 Å². The summed E-state index contributed by atoms with van der Waals surface area (Å²) in [5, 5.41) is 0.950. The van der Waals surface area contributed by atoms with E-state index in [0.717, 1.165) is 35.2 Å². The van der Waals surface area contributed by atoms with Crippen LogP contribution >= 0.6 is 23.1 Å². The first-order chi connectivity index (χ1) is 14.0. The summed E-state index contributed by atoms with van der Waals surface area (Å²) in [6.07, 6.45) is 4.78. The summed E-state index contributed by atoms with van der Waals surface area (Å²) >= 11 is 2.95. The van der Waals surface area contributed by atoms with Gasteiger partial charge in [-0.3, -0.25) is 14.2 Å². The summed E-state index contributed by atoms with van der Waals surface area (Å²) in [4.78, 5) is 34.7. The number of fused-ring (bicyclic) bond motifs is 3. The van der Waals surface area contributed by atoms with Crippen molar-refractivity contribution in [2.24, 2.45) is 0 Å². The average molecular weight is 426 g/mol. The normalized spacial score (nSPS) is 14.0. The zero-order valence-electron chi connectivity index (χ0n) is 16.6. The van der Waals surface area contributed by atoms with Gasteiger partial charge in [-0.15, -0.1) is 17.9 Å². The van der Waals surface area contributed by atoms with Gasteiger partial charge in [-0.1, -0.05) is 36.0 Å². The number of aryl methyl sites for hydroxylation is 2. The molecule has 150 valence electrons. The summed E-state index contributed by atoms with van der Waals surface area (Å²) in [7, 11) is 1.77. The van der Waals surface area contributed by atoms with Crippen molar-refractivity contribution in [2.75, 3.05) is 11.9 Å². The molecule has 7 heteroatoms. The third-order valence-corrected chi connectivity index (χ3v) is 7.47. The first-order valence-corrected chi connectivity index (χ1v) is 11.4. The lowest BCUT2D eigenvalue weighted by molar-refractivity contribution is -0.117. The number of aromatic nitrogens is 2. The molecule has 0 bridgehead atoms. The van der Waals surface area contributed by atoms with Crippen molar-refractivity contribution in [3.63, 3.8) is 0 Å². The van der Waals surface area contributed by atoms with Crippen molar-refractivity contribution in [2.45, 2.75) is 43.1 Å². The molecular weight excluding hydrogens is 402 g/mol. The highest BCUT2D eigenvalue weighted by molar-refractivity contribution is 8.00.